The summed E-state index contributed by atoms with van der Waals surface area (Å²) in [6, 6.07) is 17.2. The maximum atomic E-state index is 12.7. The Hall–Kier alpha value is -2.57. The monoisotopic (exact) mass is 403 g/mol. The lowest BCUT2D eigenvalue weighted by Crippen LogP contribution is -2.24. The predicted octanol–water partition coefficient (Wildman–Crippen LogP) is 4.51. The molecule has 0 fully saturated rings. The minimum atomic E-state index is -3.36. The summed E-state index contributed by atoms with van der Waals surface area (Å²) in [5.41, 5.74) is 0.825. The van der Waals surface area contributed by atoms with Gasteiger partial charge in [-0.3, -0.25) is 9.52 Å². The van der Waals surface area contributed by atoms with Crippen molar-refractivity contribution in [3.63, 3.8) is 0 Å². The SMILES string of the molecule is C[C@@H](Oc1ccc(Cl)c2ccccc12)C(=O)c1ccc(NS(C)(=O)=O)cc1. The number of nitrogens with one attached hydrogen (secondary N) is 1. The van der Waals surface area contributed by atoms with Crippen LogP contribution in [-0.4, -0.2) is 26.6 Å². The summed E-state index contributed by atoms with van der Waals surface area (Å²) in [6.45, 7) is 1.67. The molecule has 0 aliphatic carbocycles. The van der Waals surface area contributed by atoms with E-state index >= 15 is 0 Å². The number of ether oxygens (including phenoxy) is 1. The number of fused-ring (bicyclic) bond motifs is 1. The maximum absolute atomic E-state index is 12.7. The smallest absolute Gasteiger partial charge is 0.229 e. The molecule has 0 radical (unpaired) electrons. The van der Waals surface area contributed by atoms with Crippen LogP contribution < -0.4 is 9.46 Å². The van der Waals surface area contributed by atoms with Gasteiger partial charge >= 0.3 is 0 Å². The highest BCUT2D eigenvalue weighted by atomic mass is 35.5. The van der Waals surface area contributed by atoms with Crippen LogP contribution in [0.1, 0.15) is 17.3 Å². The van der Waals surface area contributed by atoms with Gasteiger partial charge < -0.3 is 4.74 Å². The second kappa shape index (κ2) is 7.58. The third-order valence-electron chi connectivity index (χ3n) is 3.98. The van der Waals surface area contributed by atoms with E-state index in [2.05, 4.69) is 4.72 Å². The van der Waals surface area contributed by atoms with Gasteiger partial charge in [0.15, 0.2) is 6.10 Å². The number of Topliss-reactive ketones (excluding diaryl/α,β-unsaturated/α-hetero) is 1. The molecule has 0 aliphatic rings. The molecular weight excluding hydrogens is 386 g/mol. The molecule has 140 valence electrons. The quantitative estimate of drug-likeness (QED) is 0.614. The van der Waals surface area contributed by atoms with Gasteiger partial charge in [0.25, 0.3) is 0 Å². The summed E-state index contributed by atoms with van der Waals surface area (Å²) in [4.78, 5) is 12.7. The highest BCUT2D eigenvalue weighted by Gasteiger charge is 2.18. The first-order valence-electron chi connectivity index (χ1n) is 8.20. The number of halogens is 1. The minimum Gasteiger partial charge on any atom is -0.482 e. The first-order valence-corrected chi connectivity index (χ1v) is 10.5. The summed E-state index contributed by atoms with van der Waals surface area (Å²) >= 11 is 6.21. The lowest BCUT2D eigenvalue weighted by atomic mass is 10.1. The summed E-state index contributed by atoms with van der Waals surface area (Å²) < 4.78 is 30.8. The molecule has 0 spiro atoms. The fourth-order valence-electron chi connectivity index (χ4n) is 2.73. The zero-order valence-corrected chi connectivity index (χ0v) is 16.3. The van der Waals surface area contributed by atoms with Crippen LogP contribution in [0.2, 0.25) is 5.02 Å². The van der Waals surface area contributed by atoms with Crippen LogP contribution in [-0.2, 0) is 10.0 Å². The first kappa shape index (κ1) is 19.2. The van der Waals surface area contributed by atoms with E-state index in [0.29, 0.717) is 22.0 Å². The Balaban J connectivity index is 1.80. The van der Waals surface area contributed by atoms with Gasteiger partial charge in [0, 0.05) is 27.0 Å². The molecule has 1 atom stereocenters. The highest BCUT2D eigenvalue weighted by Crippen LogP contribution is 2.32. The number of hydrogen-bond acceptors (Lipinski definition) is 4. The summed E-state index contributed by atoms with van der Waals surface area (Å²) in [5.74, 6) is 0.367. The molecule has 1 N–H and O–H groups in total. The van der Waals surface area contributed by atoms with Crippen molar-refractivity contribution >= 4 is 43.9 Å². The fraction of sp³-hybridized carbons (Fsp3) is 0.150. The van der Waals surface area contributed by atoms with E-state index in [-0.39, 0.29) is 5.78 Å². The number of benzene rings is 3. The van der Waals surface area contributed by atoms with Crippen molar-refractivity contribution in [2.45, 2.75) is 13.0 Å². The van der Waals surface area contributed by atoms with Crippen LogP contribution in [0.5, 0.6) is 5.75 Å². The standard InChI is InChI=1S/C20H18ClNO4S/c1-13(20(23)14-7-9-15(10-8-14)22-27(2,24)25)26-19-12-11-18(21)16-5-3-4-6-17(16)19/h3-13,22H,1-2H3/t13-/m1/s1. The third-order valence-corrected chi connectivity index (χ3v) is 4.91. The van der Waals surface area contributed by atoms with Crippen LogP contribution in [0.15, 0.2) is 60.7 Å². The van der Waals surface area contributed by atoms with E-state index in [4.69, 9.17) is 16.3 Å². The lowest BCUT2D eigenvalue weighted by molar-refractivity contribution is 0.0820. The summed E-state index contributed by atoms with van der Waals surface area (Å²) in [6.07, 6.45) is 0.349. The number of rotatable bonds is 6. The highest BCUT2D eigenvalue weighted by molar-refractivity contribution is 7.92. The van der Waals surface area contributed by atoms with E-state index in [1.165, 1.54) is 0 Å². The molecule has 27 heavy (non-hydrogen) atoms. The average molecular weight is 404 g/mol. The van der Waals surface area contributed by atoms with Crippen LogP contribution in [0.4, 0.5) is 5.69 Å². The zero-order chi connectivity index (χ0) is 19.6. The van der Waals surface area contributed by atoms with E-state index in [1.54, 1.807) is 43.3 Å². The van der Waals surface area contributed by atoms with Gasteiger partial charge in [0.2, 0.25) is 15.8 Å². The lowest BCUT2D eigenvalue weighted by Gasteiger charge is -2.16. The Morgan fingerprint density at radius 2 is 1.63 bits per heavy atom. The largest absolute Gasteiger partial charge is 0.482 e. The number of carbonyl (C=O) groups excluding carboxylic acids is 1. The Morgan fingerprint density at radius 3 is 2.26 bits per heavy atom. The molecule has 0 heterocycles. The van der Waals surface area contributed by atoms with Gasteiger partial charge in [-0.05, 0) is 43.3 Å². The number of ketones is 1. The van der Waals surface area contributed by atoms with Gasteiger partial charge in [-0.2, -0.15) is 0 Å². The molecule has 0 unspecified atom stereocenters. The van der Waals surface area contributed by atoms with Gasteiger partial charge in [-0.25, -0.2) is 8.42 Å². The Bertz CT molecular complexity index is 1090. The van der Waals surface area contributed by atoms with Gasteiger partial charge in [0.1, 0.15) is 5.75 Å². The van der Waals surface area contributed by atoms with E-state index in [0.717, 1.165) is 17.0 Å². The van der Waals surface area contributed by atoms with Crippen LogP contribution in [0, 0.1) is 0 Å². The molecular formula is C20H18ClNO4S. The number of hydrogen-bond donors (Lipinski definition) is 1. The predicted molar refractivity (Wildman–Crippen MR) is 108 cm³/mol. The van der Waals surface area contributed by atoms with Crippen molar-refractivity contribution in [3.05, 3.63) is 71.2 Å². The topological polar surface area (TPSA) is 72.5 Å². The molecule has 3 aromatic carbocycles. The van der Waals surface area contributed by atoms with Crippen molar-refractivity contribution in [1.82, 2.24) is 0 Å². The molecule has 0 saturated heterocycles. The van der Waals surface area contributed by atoms with Gasteiger partial charge in [-0.1, -0.05) is 35.9 Å². The van der Waals surface area contributed by atoms with E-state index < -0.39 is 16.1 Å². The molecule has 0 saturated carbocycles. The molecule has 0 bridgehead atoms. The fourth-order valence-corrected chi connectivity index (χ4v) is 3.52. The molecule has 0 aromatic heterocycles. The Kier molecular flexibility index (Phi) is 5.39. The Labute approximate surface area is 163 Å². The van der Waals surface area contributed by atoms with E-state index in [9.17, 15) is 13.2 Å². The third kappa shape index (κ3) is 4.59. The van der Waals surface area contributed by atoms with Crippen molar-refractivity contribution in [2.24, 2.45) is 0 Å². The Morgan fingerprint density at radius 1 is 1.00 bits per heavy atom. The second-order valence-corrected chi connectivity index (χ2v) is 8.32. The van der Waals surface area contributed by atoms with Crippen LogP contribution in [0.25, 0.3) is 10.8 Å². The summed E-state index contributed by atoms with van der Waals surface area (Å²) in [7, 11) is -3.36. The summed E-state index contributed by atoms with van der Waals surface area (Å²) in [5, 5.41) is 2.30. The van der Waals surface area contributed by atoms with Crippen molar-refractivity contribution in [3.8, 4) is 5.75 Å². The number of sulfonamides is 1. The zero-order valence-electron chi connectivity index (χ0n) is 14.8. The second-order valence-electron chi connectivity index (χ2n) is 6.17. The molecule has 5 nitrogen and oxygen atoms in total. The molecule has 3 rings (SSSR count). The average Bonchev–Trinajstić information content (AvgIpc) is 2.63. The first-order chi connectivity index (χ1) is 12.7. The van der Waals surface area contributed by atoms with Crippen molar-refractivity contribution < 1.29 is 17.9 Å². The van der Waals surface area contributed by atoms with E-state index in [1.807, 2.05) is 24.3 Å². The van der Waals surface area contributed by atoms with Crippen molar-refractivity contribution in [1.29, 1.82) is 0 Å². The maximum Gasteiger partial charge on any atom is 0.229 e. The van der Waals surface area contributed by atoms with Gasteiger partial charge in [-0.15, -0.1) is 0 Å². The minimum absolute atomic E-state index is 0.208. The van der Waals surface area contributed by atoms with Crippen LogP contribution in [0.3, 0.4) is 0 Å². The molecule has 3 aromatic rings. The number of carbonyl (C=O) groups is 1. The number of anilines is 1. The molecule has 0 amide bonds. The normalized spacial score (nSPS) is 12.6. The van der Waals surface area contributed by atoms with Gasteiger partial charge in [0.05, 0.1) is 6.26 Å². The van der Waals surface area contributed by atoms with Crippen LogP contribution >= 0.6 is 11.6 Å². The molecule has 7 heteroatoms. The van der Waals surface area contributed by atoms with Crippen molar-refractivity contribution in [2.75, 3.05) is 11.0 Å². The molecule has 0 aliphatic heterocycles.